The van der Waals surface area contributed by atoms with Gasteiger partial charge in [-0.05, 0) is 64.7 Å². The van der Waals surface area contributed by atoms with Crippen molar-refractivity contribution in [2.75, 3.05) is 13.7 Å². The first kappa shape index (κ1) is 28.1. The number of carbonyl (C=O) groups excluding carboxylic acids is 2. The largest absolute Gasteiger partial charge is 0.481 e. The monoisotopic (exact) mass is 516 g/mol. The number of amides is 2. The number of ether oxygens (including phenoxy) is 1. The van der Waals surface area contributed by atoms with E-state index in [0.29, 0.717) is 11.4 Å². The molecule has 2 amide bonds. The van der Waals surface area contributed by atoms with Crippen molar-refractivity contribution < 1.29 is 23.6 Å². The normalized spacial score (nSPS) is 17.9. The predicted molar refractivity (Wildman–Crippen MR) is 138 cm³/mol. The molecule has 1 aliphatic rings. The molecule has 2 atom stereocenters. The number of nitrogens with one attached hydrogen (secondary N) is 2. The number of carbonyl (C=O) groups is 2. The molecule has 2 unspecified atom stereocenters. The van der Waals surface area contributed by atoms with E-state index < -0.39 is 42.1 Å². The topological polar surface area (TPSA) is 112 Å². The van der Waals surface area contributed by atoms with E-state index in [4.69, 9.17) is 25.6 Å². The molecule has 1 fully saturated rings. The molecule has 2 N–H and O–H groups in total. The van der Waals surface area contributed by atoms with E-state index in [9.17, 15) is 9.59 Å². The van der Waals surface area contributed by atoms with Gasteiger partial charge in [-0.25, -0.2) is 4.98 Å². The third kappa shape index (κ3) is 7.26. The van der Waals surface area contributed by atoms with Crippen molar-refractivity contribution in [3.05, 3.63) is 59.1 Å². The van der Waals surface area contributed by atoms with Crippen LogP contribution in [0.2, 0.25) is 5.02 Å². The lowest BCUT2D eigenvalue weighted by atomic mass is 9.75. The SMILES string of the molecule is COCC(NC(=O)c1cnccn1)C(=O)NC(CCCc1ccc(Cl)cc1)B1OC(C)(C)C(C)(C)O1. The van der Waals surface area contributed by atoms with Gasteiger partial charge in [-0.2, -0.15) is 0 Å². The Bertz CT molecular complexity index is 1010. The van der Waals surface area contributed by atoms with E-state index in [1.54, 1.807) is 0 Å². The summed E-state index contributed by atoms with van der Waals surface area (Å²) in [7, 11) is 0.815. The van der Waals surface area contributed by atoms with Crippen molar-refractivity contribution in [3.8, 4) is 0 Å². The lowest BCUT2D eigenvalue weighted by molar-refractivity contribution is -0.124. The maximum atomic E-state index is 13.3. The molecular weight excluding hydrogens is 483 g/mol. The number of halogens is 1. The Labute approximate surface area is 217 Å². The summed E-state index contributed by atoms with van der Waals surface area (Å²) in [5.74, 6) is -1.37. The van der Waals surface area contributed by atoms with Crippen LogP contribution >= 0.6 is 11.6 Å². The molecule has 1 aliphatic heterocycles. The number of nitrogens with zero attached hydrogens (tertiary/aromatic N) is 2. The fourth-order valence-electron chi connectivity index (χ4n) is 3.79. The smallest absolute Gasteiger partial charge is 0.402 e. The lowest BCUT2D eigenvalue weighted by Gasteiger charge is -2.32. The molecule has 36 heavy (non-hydrogen) atoms. The molecule has 0 aliphatic carbocycles. The molecule has 9 nitrogen and oxygen atoms in total. The van der Waals surface area contributed by atoms with Crippen LogP contribution in [-0.4, -0.2) is 65.8 Å². The van der Waals surface area contributed by atoms with Gasteiger partial charge in [0.1, 0.15) is 11.7 Å². The van der Waals surface area contributed by atoms with Crippen LogP contribution in [0.3, 0.4) is 0 Å². The van der Waals surface area contributed by atoms with Gasteiger partial charge < -0.3 is 24.7 Å². The Morgan fingerprint density at radius 3 is 2.33 bits per heavy atom. The van der Waals surface area contributed by atoms with Gasteiger partial charge in [0, 0.05) is 24.5 Å². The van der Waals surface area contributed by atoms with Crippen LogP contribution in [0.15, 0.2) is 42.9 Å². The van der Waals surface area contributed by atoms with E-state index in [-0.39, 0.29) is 12.3 Å². The number of hydrogen-bond acceptors (Lipinski definition) is 7. The molecule has 194 valence electrons. The van der Waals surface area contributed by atoms with Crippen LogP contribution in [0.25, 0.3) is 0 Å². The summed E-state index contributed by atoms with van der Waals surface area (Å²) in [4.78, 5) is 33.8. The molecule has 1 aromatic carbocycles. The van der Waals surface area contributed by atoms with Gasteiger partial charge in [-0.1, -0.05) is 23.7 Å². The number of methoxy groups -OCH3 is 1. The molecule has 0 radical (unpaired) electrons. The van der Waals surface area contributed by atoms with Crippen LogP contribution < -0.4 is 10.6 Å². The van der Waals surface area contributed by atoms with E-state index in [1.807, 2.05) is 52.0 Å². The van der Waals surface area contributed by atoms with Crippen molar-refractivity contribution in [1.82, 2.24) is 20.6 Å². The molecule has 0 spiro atoms. The summed E-state index contributed by atoms with van der Waals surface area (Å²) in [5, 5.41) is 6.40. The summed E-state index contributed by atoms with van der Waals surface area (Å²) < 4.78 is 17.7. The molecular formula is C25H34BClN4O5. The van der Waals surface area contributed by atoms with Crippen molar-refractivity contribution in [1.29, 1.82) is 0 Å². The Hall–Kier alpha value is -2.53. The van der Waals surface area contributed by atoms with Crippen LogP contribution in [0.5, 0.6) is 0 Å². The summed E-state index contributed by atoms with van der Waals surface area (Å²) in [6.07, 6.45) is 6.39. The van der Waals surface area contributed by atoms with E-state index >= 15 is 0 Å². The highest BCUT2D eigenvalue weighted by molar-refractivity contribution is 6.48. The van der Waals surface area contributed by atoms with Gasteiger partial charge in [-0.3, -0.25) is 14.6 Å². The Morgan fingerprint density at radius 2 is 1.75 bits per heavy atom. The third-order valence-electron chi connectivity index (χ3n) is 6.57. The van der Waals surface area contributed by atoms with Crippen LogP contribution in [0, 0.1) is 0 Å². The van der Waals surface area contributed by atoms with Gasteiger partial charge in [0.15, 0.2) is 0 Å². The average molecular weight is 517 g/mol. The van der Waals surface area contributed by atoms with Gasteiger partial charge in [0.2, 0.25) is 5.91 Å². The van der Waals surface area contributed by atoms with Crippen molar-refractivity contribution in [2.45, 2.75) is 70.1 Å². The minimum Gasteiger partial charge on any atom is -0.402 e. The second-order valence-corrected chi connectivity index (χ2v) is 10.3. The predicted octanol–water partition coefficient (Wildman–Crippen LogP) is 3.01. The first-order valence-corrected chi connectivity index (χ1v) is 12.4. The molecule has 1 saturated heterocycles. The number of rotatable bonds is 11. The standard InChI is InChI=1S/C25H34BClN4O5/c1-24(2)25(3,4)36-26(35-24)21(8-6-7-17-9-11-18(27)12-10-17)31-23(33)20(16-34-5)30-22(32)19-15-28-13-14-29-19/h9-15,20-21H,6-8,16H2,1-5H3,(H,30,32)(H,31,33). The van der Waals surface area contributed by atoms with Crippen molar-refractivity contribution >= 4 is 30.5 Å². The molecule has 11 heteroatoms. The van der Waals surface area contributed by atoms with E-state index in [1.165, 1.54) is 25.7 Å². The summed E-state index contributed by atoms with van der Waals surface area (Å²) in [6, 6.07) is 6.76. The molecule has 2 aromatic rings. The molecule has 2 heterocycles. The van der Waals surface area contributed by atoms with Gasteiger partial charge in [-0.15, -0.1) is 0 Å². The molecule has 1 aromatic heterocycles. The van der Waals surface area contributed by atoms with Gasteiger partial charge >= 0.3 is 7.12 Å². The quantitative estimate of drug-likeness (QED) is 0.442. The summed E-state index contributed by atoms with van der Waals surface area (Å²) >= 11 is 6.00. The number of aromatic nitrogens is 2. The maximum absolute atomic E-state index is 13.3. The average Bonchev–Trinajstić information content (AvgIpc) is 3.06. The van der Waals surface area contributed by atoms with Crippen molar-refractivity contribution in [3.63, 3.8) is 0 Å². The van der Waals surface area contributed by atoms with E-state index in [0.717, 1.165) is 18.4 Å². The Balaban J connectivity index is 1.71. The maximum Gasteiger partial charge on any atom is 0.481 e. The van der Waals surface area contributed by atoms with Gasteiger partial charge in [0.25, 0.3) is 5.91 Å². The molecule has 3 rings (SSSR count). The molecule has 0 bridgehead atoms. The fraction of sp³-hybridized carbons (Fsp3) is 0.520. The van der Waals surface area contributed by atoms with Crippen LogP contribution in [0.1, 0.15) is 56.6 Å². The minimum absolute atomic E-state index is 0.0152. The van der Waals surface area contributed by atoms with Gasteiger partial charge in [0.05, 0.1) is 29.9 Å². The number of aryl methyl sites for hydroxylation is 1. The first-order chi connectivity index (χ1) is 17.0. The van der Waals surface area contributed by atoms with Crippen LogP contribution in [0.4, 0.5) is 0 Å². The van der Waals surface area contributed by atoms with Crippen molar-refractivity contribution in [2.24, 2.45) is 0 Å². The highest BCUT2D eigenvalue weighted by Gasteiger charge is 2.54. The van der Waals surface area contributed by atoms with E-state index in [2.05, 4.69) is 20.6 Å². The summed E-state index contributed by atoms with van der Waals surface area (Å²) in [5.41, 5.74) is 0.148. The second kappa shape index (κ2) is 12.1. The first-order valence-electron chi connectivity index (χ1n) is 12.0. The minimum atomic E-state index is -0.939. The highest BCUT2D eigenvalue weighted by atomic mass is 35.5. The zero-order chi connectivity index (χ0) is 26.3. The van der Waals surface area contributed by atoms with Crippen LogP contribution in [-0.2, 0) is 25.3 Å². The Kier molecular flexibility index (Phi) is 9.46. The fourth-order valence-corrected chi connectivity index (χ4v) is 3.91. The zero-order valence-electron chi connectivity index (χ0n) is 21.4. The molecule has 0 saturated carbocycles. The second-order valence-electron chi connectivity index (χ2n) is 9.83. The summed E-state index contributed by atoms with van der Waals surface area (Å²) in [6.45, 7) is 7.85. The Morgan fingerprint density at radius 1 is 1.08 bits per heavy atom. The lowest BCUT2D eigenvalue weighted by Crippen LogP contribution is -2.56. The zero-order valence-corrected chi connectivity index (χ0v) is 22.2. The highest BCUT2D eigenvalue weighted by Crippen LogP contribution is 2.38. The number of hydrogen-bond donors (Lipinski definition) is 2. The third-order valence-corrected chi connectivity index (χ3v) is 6.82. The number of benzene rings is 1.